The third-order valence-corrected chi connectivity index (χ3v) is 11.5. The van der Waals surface area contributed by atoms with Crippen molar-refractivity contribution in [2.45, 2.75) is 109 Å². The van der Waals surface area contributed by atoms with Gasteiger partial charge in [0.15, 0.2) is 5.78 Å². The minimum Gasteiger partial charge on any atom is -0.599 e. The average molecular weight is 878 g/mol. The molecule has 0 aromatic heterocycles. The molecule has 0 saturated heterocycles. The van der Waals surface area contributed by atoms with Crippen LogP contribution in [0, 0.1) is 11.8 Å². The highest BCUT2D eigenvalue weighted by Crippen LogP contribution is 2.44. The maximum absolute atomic E-state index is 14.3. The highest BCUT2D eigenvalue weighted by molar-refractivity contribution is 6.41. The number of fused-ring (bicyclic) bond motifs is 3. The summed E-state index contributed by atoms with van der Waals surface area (Å²) < 4.78 is 5.80. The number of aliphatic imine (C=N–C) groups is 1. The highest BCUT2D eigenvalue weighted by atomic mass is 16.6. The smallest absolute Gasteiger partial charge is 0.334 e. The van der Waals surface area contributed by atoms with Gasteiger partial charge in [0.05, 0.1) is 12.6 Å². The molecule has 16 heteroatoms. The SMILES string of the molecule is CCC[C@H](NC(=O)[C@H](CC(C)C)NC(=O)[C@H](N=C([O-])OCC1c2ccccc2-c2ccccc21)C1CCCCC1)C(=NNC(=O)NC)C(=O)NCC(=O)N[C@H](C(C)=O)c1ccccc1. The van der Waals surface area contributed by atoms with E-state index in [-0.39, 0.29) is 48.7 Å². The van der Waals surface area contributed by atoms with Crippen LogP contribution < -0.4 is 37.1 Å². The number of amides is 6. The van der Waals surface area contributed by atoms with Gasteiger partial charge >= 0.3 is 6.03 Å². The van der Waals surface area contributed by atoms with E-state index >= 15 is 0 Å². The van der Waals surface area contributed by atoms with Crippen LogP contribution in [-0.4, -0.2) is 85.6 Å². The van der Waals surface area contributed by atoms with Gasteiger partial charge in [-0.3, -0.25) is 29.0 Å². The molecule has 0 bridgehead atoms. The molecule has 1 saturated carbocycles. The summed E-state index contributed by atoms with van der Waals surface area (Å²) in [4.78, 5) is 84.3. The molecule has 64 heavy (non-hydrogen) atoms. The summed E-state index contributed by atoms with van der Waals surface area (Å²) in [6, 6.07) is 19.6. The minimum absolute atomic E-state index is 0.0378. The first-order valence-corrected chi connectivity index (χ1v) is 22.2. The first kappa shape index (κ1) is 48.5. The summed E-state index contributed by atoms with van der Waals surface area (Å²) in [5.41, 5.74) is 6.75. The van der Waals surface area contributed by atoms with Crippen molar-refractivity contribution in [3.63, 3.8) is 0 Å². The number of Topliss-reactive ketones (excluding diaryl/α,β-unsaturated/α-hetero) is 1. The summed E-state index contributed by atoms with van der Waals surface area (Å²) in [6.07, 6.45) is 4.05. The monoisotopic (exact) mass is 877 g/mol. The van der Waals surface area contributed by atoms with Crippen LogP contribution in [0.3, 0.4) is 0 Å². The molecule has 3 aromatic carbocycles. The van der Waals surface area contributed by atoms with E-state index in [1.54, 1.807) is 30.3 Å². The van der Waals surface area contributed by atoms with Gasteiger partial charge in [-0.15, -0.1) is 0 Å². The number of rotatable bonds is 20. The maximum Gasteiger partial charge on any atom is 0.334 e. The Hall–Kier alpha value is -6.58. The van der Waals surface area contributed by atoms with Gasteiger partial charge in [0.1, 0.15) is 29.9 Å². The molecule has 4 atom stereocenters. The molecular weight excluding hydrogens is 817 g/mol. The van der Waals surface area contributed by atoms with Crippen molar-refractivity contribution < 1.29 is 38.6 Å². The third kappa shape index (κ3) is 13.2. The Balaban J connectivity index is 1.32. The zero-order valence-electron chi connectivity index (χ0n) is 37.3. The molecule has 3 aromatic rings. The second-order valence-electron chi connectivity index (χ2n) is 16.7. The number of ether oxygens (including phenoxy) is 1. The van der Waals surface area contributed by atoms with Crippen molar-refractivity contribution in [3.8, 4) is 11.1 Å². The number of hydrogen-bond donors (Lipinski definition) is 6. The summed E-state index contributed by atoms with van der Waals surface area (Å²) in [6.45, 7) is 6.44. The first-order valence-electron chi connectivity index (χ1n) is 22.2. The van der Waals surface area contributed by atoms with Gasteiger partial charge in [0.2, 0.25) is 17.7 Å². The van der Waals surface area contributed by atoms with Crippen LogP contribution in [0.4, 0.5) is 4.79 Å². The van der Waals surface area contributed by atoms with Crippen LogP contribution >= 0.6 is 0 Å². The number of benzene rings is 3. The Morgan fingerprint density at radius 3 is 2.00 bits per heavy atom. The Morgan fingerprint density at radius 2 is 1.41 bits per heavy atom. The van der Waals surface area contributed by atoms with Crippen molar-refractivity contribution in [1.29, 1.82) is 0 Å². The number of carbonyl (C=O) groups is 6. The van der Waals surface area contributed by atoms with E-state index in [4.69, 9.17) is 4.74 Å². The minimum atomic E-state index is -1.11. The fraction of sp³-hybridized carbons (Fsp3) is 0.458. The number of ketones is 1. The van der Waals surface area contributed by atoms with Crippen LogP contribution in [0.15, 0.2) is 89.0 Å². The lowest BCUT2D eigenvalue weighted by atomic mass is 9.83. The van der Waals surface area contributed by atoms with Crippen molar-refractivity contribution in [2.24, 2.45) is 21.9 Å². The van der Waals surface area contributed by atoms with Gasteiger partial charge in [-0.05, 0) is 72.3 Å². The highest BCUT2D eigenvalue weighted by Gasteiger charge is 2.35. The van der Waals surface area contributed by atoms with Crippen LogP contribution in [0.2, 0.25) is 0 Å². The van der Waals surface area contributed by atoms with Gasteiger partial charge in [0, 0.05) is 19.6 Å². The van der Waals surface area contributed by atoms with Crippen LogP contribution in [-0.2, 0) is 28.7 Å². The number of nitrogens with zero attached hydrogens (tertiary/aromatic N) is 2. The Bertz CT molecular complexity index is 2130. The quantitative estimate of drug-likeness (QED) is 0.0548. The molecule has 16 nitrogen and oxygen atoms in total. The summed E-state index contributed by atoms with van der Waals surface area (Å²) in [5, 5.41) is 30.8. The van der Waals surface area contributed by atoms with E-state index in [2.05, 4.69) is 42.1 Å². The first-order chi connectivity index (χ1) is 30.8. The summed E-state index contributed by atoms with van der Waals surface area (Å²) in [7, 11) is 1.36. The zero-order valence-corrected chi connectivity index (χ0v) is 37.3. The van der Waals surface area contributed by atoms with Crippen molar-refractivity contribution in [1.82, 2.24) is 32.0 Å². The largest absolute Gasteiger partial charge is 0.599 e. The van der Waals surface area contributed by atoms with E-state index in [1.807, 2.05) is 69.3 Å². The number of hydrazone groups is 1. The maximum atomic E-state index is 14.3. The van der Waals surface area contributed by atoms with E-state index in [0.717, 1.165) is 41.5 Å². The van der Waals surface area contributed by atoms with Gasteiger partial charge in [0.25, 0.3) is 5.91 Å². The Labute approximate surface area is 374 Å². The van der Waals surface area contributed by atoms with E-state index in [0.29, 0.717) is 24.8 Å². The molecule has 2 aliphatic rings. The summed E-state index contributed by atoms with van der Waals surface area (Å²) >= 11 is 0. The normalized spacial score (nSPS) is 16.0. The topological polar surface area (TPSA) is 232 Å². The molecule has 1 fully saturated rings. The van der Waals surface area contributed by atoms with Crippen LogP contribution in [0.5, 0.6) is 0 Å². The molecule has 342 valence electrons. The predicted molar refractivity (Wildman–Crippen MR) is 242 cm³/mol. The lowest BCUT2D eigenvalue weighted by molar-refractivity contribution is -0.251. The summed E-state index contributed by atoms with van der Waals surface area (Å²) in [5.74, 6) is -3.59. The van der Waals surface area contributed by atoms with Gasteiger partial charge in [-0.1, -0.05) is 125 Å². The second-order valence-corrected chi connectivity index (χ2v) is 16.7. The lowest BCUT2D eigenvalue weighted by Crippen LogP contribution is -2.56. The molecular formula is C48H61N8O8-. The number of nitrogens with one attached hydrogen (secondary N) is 6. The fourth-order valence-corrected chi connectivity index (χ4v) is 8.35. The fourth-order valence-electron chi connectivity index (χ4n) is 8.35. The molecule has 0 unspecified atom stereocenters. The molecule has 5 rings (SSSR count). The molecule has 2 aliphatic carbocycles. The molecule has 0 aliphatic heterocycles. The molecule has 0 heterocycles. The molecule has 6 N–H and O–H groups in total. The molecule has 0 spiro atoms. The number of hydrogen-bond acceptors (Lipinski definition) is 10. The van der Waals surface area contributed by atoms with Gasteiger partial charge in [-0.2, -0.15) is 5.10 Å². The van der Waals surface area contributed by atoms with E-state index in [9.17, 15) is 33.9 Å². The van der Waals surface area contributed by atoms with Gasteiger partial charge < -0.3 is 36.4 Å². The number of carbonyl (C=O) groups excluding carboxylic acids is 6. The van der Waals surface area contributed by atoms with E-state index in [1.165, 1.54) is 14.0 Å². The Morgan fingerprint density at radius 1 is 0.797 bits per heavy atom. The van der Waals surface area contributed by atoms with E-state index < -0.39 is 66.5 Å². The standard InChI is InChI=1S/C48H62N8O8/c1-6-17-38(43(55-56-47(62)49-5)45(60)50-27-40(58)53-41(30(4)57)31-18-9-7-10-19-31)51-44(59)39(26-29(2)3)52-46(61)42(32-20-11-8-12-21-32)54-48(63)64-28-37-35-24-15-13-22-33(35)34-23-14-16-25-36(34)37/h7,9-10,13-16,18-19,22-25,29,32,37-39,41-42H,6,8,11-12,17,20-21,26-28H2,1-5H3,(H,50,60)(H,51,59)(H,52,61)(H,53,58)(H,54,63)(H2,49,56,62)/p-1/t38-,39-,41+,42+/m0/s1. The zero-order chi connectivity index (χ0) is 46.2. The average Bonchev–Trinajstić information content (AvgIpc) is 3.61. The molecule has 6 amide bonds. The Kier molecular flexibility index (Phi) is 18.0. The predicted octanol–water partition coefficient (Wildman–Crippen LogP) is 4.14. The van der Waals surface area contributed by atoms with Crippen LogP contribution in [0.1, 0.15) is 108 Å². The van der Waals surface area contributed by atoms with Crippen molar-refractivity contribution in [2.75, 3.05) is 20.2 Å². The van der Waals surface area contributed by atoms with Crippen molar-refractivity contribution >= 4 is 47.2 Å². The van der Waals surface area contributed by atoms with Gasteiger partial charge in [-0.25, -0.2) is 10.2 Å². The van der Waals surface area contributed by atoms with Crippen molar-refractivity contribution in [3.05, 3.63) is 95.6 Å². The lowest BCUT2D eigenvalue weighted by Gasteiger charge is -2.31. The molecule has 0 radical (unpaired) electrons. The third-order valence-electron chi connectivity index (χ3n) is 11.5. The number of urea groups is 1. The second kappa shape index (κ2) is 23.7. The van der Waals surface area contributed by atoms with Crippen LogP contribution in [0.25, 0.3) is 11.1 Å².